The molecule has 0 radical (unpaired) electrons. The highest BCUT2D eigenvalue weighted by Crippen LogP contribution is 2.24. The van der Waals surface area contributed by atoms with Crippen molar-refractivity contribution in [3.63, 3.8) is 0 Å². The summed E-state index contributed by atoms with van der Waals surface area (Å²) in [5.74, 6) is 1.13. The number of thiophene rings is 1. The molecular weight excluding hydrogens is 521 g/mol. The van der Waals surface area contributed by atoms with Crippen LogP contribution in [0.3, 0.4) is 0 Å². The molecule has 1 saturated heterocycles. The standard InChI is InChI=1S/C23H31N5OS.HI/c1-24-23(27-14-12-26(13-15-27)17-19-5-3-2-4-6-19)25-10-7-22(29)28-11-8-21-20(18-28)9-16-30-21;/h2-6,9,16H,7-8,10-15,17-18H2,1H3,(H,24,25);1H. The van der Waals surface area contributed by atoms with Gasteiger partial charge in [0.1, 0.15) is 0 Å². The molecule has 0 unspecified atom stereocenters. The molecule has 1 aromatic heterocycles. The number of carbonyl (C=O) groups is 1. The summed E-state index contributed by atoms with van der Waals surface area (Å²) in [6.07, 6.45) is 1.49. The molecule has 1 N–H and O–H groups in total. The molecule has 8 heteroatoms. The Morgan fingerprint density at radius 3 is 2.58 bits per heavy atom. The molecule has 0 atom stereocenters. The van der Waals surface area contributed by atoms with E-state index in [2.05, 4.69) is 61.9 Å². The van der Waals surface area contributed by atoms with E-state index in [9.17, 15) is 4.79 Å². The molecule has 0 aliphatic carbocycles. The predicted octanol–water partition coefficient (Wildman–Crippen LogP) is 3.03. The van der Waals surface area contributed by atoms with Gasteiger partial charge in [0.25, 0.3) is 0 Å². The van der Waals surface area contributed by atoms with Gasteiger partial charge in [0, 0.05) is 70.7 Å². The topological polar surface area (TPSA) is 51.2 Å². The number of guanidine groups is 1. The number of benzene rings is 1. The van der Waals surface area contributed by atoms with Gasteiger partial charge in [-0.3, -0.25) is 14.7 Å². The Kier molecular flexibility index (Phi) is 9.15. The second kappa shape index (κ2) is 11.8. The molecule has 4 rings (SSSR count). The molecule has 6 nitrogen and oxygen atoms in total. The zero-order chi connectivity index (χ0) is 20.8. The van der Waals surface area contributed by atoms with E-state index < -0.39 is 0 Å². The van der Waals surface area contributed by atoms with Crippen LogP contribution in [0.4, 0.5) is 0 Å². The van der Waals surface area contributed by atoms with Crippen molar-refractivity contribution in [3.8, 4) is 0 Å². The van der Waals surface area contributed by atoms with Crippen molar-refractivity contribution in [3.05, 3.63) is 57.8 Å². The van der Waals surface area contributed by atoms with Gasteiger partial charge in [0.15, 0.2) is 5.96 Å². The van der Waals surface area contributed by atoms with E-state index in [1.54, 1.807) is 11.3 Å². The summed E-state index contributed by atoms with van der Waals surface area (Å²) in [6, 6.07) is 12.8. The van der Waals surface area contributed by atoms with Gasteiger partial charge >= 0.3 is 0 Å². The largest absolute Gasteiger partial charge is 0.356 e. The fourth-order valence-electron chi connectivity index (χ4n) is 4.19. The quantitative estimate of drug-likeness (QED) is 0.352. The predicted molar refractivity (Wildman–Crippen MR) is 138 cm³/mol. The van der Waals surface area contributed by atoms with Crippen LogP contribution < -0.4 is 5.32 Å². The highest BCUT2D eigenvalue weighted by molar-refractivity contribution is 14.0. The van der Waals surface area contributed by atoms with Crippen LogP contribution in [-0.2, 0) is 24.3 Å². The van der Waals surface area contributed by atoms with Crippen LogP contribution in [0.25, 0.3) is 0 Å². The van der Waals surface area contributed by atoms with E-state index >= 15 is 0 Å². The molecule has 2 aliphatic rings. The number of rotatable bonds is 5. The van der Waals surface area contributed by atoms with Gasteiger partial charge in [0.05, 0.1) is 0 Å². The second-order valence-corrected chi connectivity index (χ2v) is 8.91. The first-order valence-corrected chi connectivity index (χ1v) is 11.7. The van der Waals surface area contributed by atoms with Crippen molar-refractivity contribution in [2.45, 2.75) is 25.9 Å². The van der Waals surface area contributed by atoms with E-state index in [0.717, 1.165) is 58.2 Å². The van der Waals surface area contributed by atoms with Gasteiger partial charge in [-0.1, -0.05) is 30.3 Å². The fraction of sp³-hybridized carbons (Fsp3) is 0.478. The number of hydrogen-bond donors (Lipinski definition) is 1. The first-order valence-electron chi connectivity index (χ1n) is 10.8. The van der Waals surface area contributed by atoms with Gasteiger partial charge < -0.3 is 15.1 Å². The molecule has 2 aliphatic heterocycles. The number of piperazine rings is 1. The van der Waals surface area contributed by atoms with Crippen molar-refractivity contribution in [1.82, 2.24) is 20.0 Å². The van der Waals surface area contributed by atoms with Gasteiger partial charge in [-0.2, -0.15) is 0 Å². The lowest BCUT2D eigenvalue weighted by Crippen LogP contribution is -2.52. The van der Waals surface area contributed by atoms with Gasteiger partial charge in [-0.25, -0.2) is 0 Å². The normalized spacial score (nSPS) is 17.1. The Morgan fingerprint density at radius 1 is 1.06 bits per heavy atom. The molecular formula is C23H32IN5OS. The van der Waals surface area contributed by atoms with Crippen molar-refractivity contribution in [2.24, 2.45) is 4.99 Å². The van der Waals surface area contributed by atoms with E-state index in [0.29, 0.717) is 13.0 Å². The van der Waals surface area contributed by atoms with Gasteiger partial charge in [-0.15, -0.1) is 35.3 Å². The molecule has 31 heavy (non-hydrogen) atoms. The SMILES string of the molecule is CN=C(NCCC(=O)N1CCc2sccc2C1)N1CCN(Cc2ccccc2)CC1.I. The molecule has 0 bridgehead atoms. The number of carbonyl (C=O) groups excluding carboxylic acids is 1. The maximum atomic E-state index is 12.6. The third-order valence-corrected chi connectivity index (χ3v) is 6.94. The van der Waals surface area contributed by atoms with Crippen LogP contribution in [0.1, 0.15) is 22.4 Å². The van der Waals surface area contributed by atoms with Crippen molar-refractivity contribution < 1.29 is 4.79 Å². The van der Waals surface area contributed by atoms with Crippen LogP contribution in [0.2, 0.25) is 0 Å². The number of aliphatic imine (C=N–C) groups is 1. The Balaban J connectivity index is 0.00000272. The van der Waals surface area contributed by atoms with Crippen LogP contribution in [0.15, 0.2) is 46.8 Å². The van der Waals surface area contributed by atoms with E-state index in [4.69, 9.17) is 0 Å². The first kappa shape index (κ1) is 24.0. The number of halogens is 1. The maximum Gasteiger partial charge on any atom is 0.224 e. The van der Waals surface area contributed by atoms with Crippen molar-refractivity contribution in [1.29, 1.82) is 0 Å². The van der Waals surface area contributed by atoms with Gasteiger partial charge in [-0.05, 0) is 29.0 Å². The summed E-state index contributed by atoms with van der Waals surface area (Å²) in [6.45, 7) is 7.16. The van der Waals surface area contributed by atoms with E-state index in [1.807, 2.05) is 11.9 Å². The highest BCUT2D eigenvalue weighted by atomic mass is 127. The molecule has 2 aromatic rings. The summed E-state index contributed by atoms with van der Waals surface area (Å²) in [4.78, 5) is 25.3. The molecule has 0 saturated carbocycles. The number of nitrogens with one attached hydrogen (secondary N) is 1. The lowest BCUT2D eigenvalue weighted by Gasteiger charge is -2.36. The Hall–Kier alpha value is -1.65. The number of nitrogens with zero attached hydrogens (tertiary/aromatic N) is 4. The smallest absolute Gasteiger partial charge is 0.224 e. The zero-order valence-electron chi connectivity index (χ0n) is 18.1. The number of amides is 1. The molecule has 168 valence electrons. The minimum Gasteiger partial charge on any atom is -0.356 e. The summed E-state index contributed by atoms with van der Waals surface area (Å²) < 4.78 is 0. The van der Waals surface area contributed by atoms with Gasteiger partial charge in [0.2, 0.25) is 5.91 Å². The highest BCUT2D eigenvalue weighted by Gasteiger charge is 2.22. The summed E-state index contributed by atoms with van der Waals surface area (Å²) in [5, 5.41) is 5.53. The average Bonchev–Trinajstić information content (AvgIpc) is 3.26. The van der Waals surface area contributed by atoms with Crippen LogP contribution >= 0.6 is 35.3 Å². The zero-order valence-corrected chi connectivity index (χ0v) is 21.3. The maximum absolute atomic E-state index is 12.6. The number of hydrogen-bond acceptors (Lipinski definition) is 4. The third-order valence-electron chi connectivity index (χ3n) is 5.91. The van der Waals surface area contributed by atoms with Crippen LogP contribution in [0.5, 0.6) is 0 Å². The molecule has 1 aromatic carbocycles. The summed E-state index contributed by atoms with van der Waals surface area (Å²) in [7, 11) is 1.82. The molecule has 3 heterocycles. The average molecular weight is 554 g/mol. The lowest BCUT2D eigenvalue weighted by molar-refractivity contribution is -0.131. The summed E-state index contributed by atoms with van der Waals surface area (Å²) in [5.41, 5.74) is 2.68. The van der Waals surface area contributed by atoms with Crippen molar-refractivity contribution in [2.75, 3.05) is 46.3 Å². The third kappa shape index (κ3) is 6.43. The minimum absolute atomic E-state index is 0. The molecule has 0 spiro atoms. The Labute approximate surface area is 206 Å². The van der Waals surface area contributed by atoms with Crippen LogP contribution in [-0.4, -0.2) is 72.9 Å². The monoisotopic (exact) mass is 553 g/mol. The van der Waals surface area contributed by atoms with Crippen LogP contribution in [0, 0.1) is 0 Å². The number of fused-ring (bicyclic) bond motifs is 1. The Bertz CT molecular complexity index is 864. The minimum atomic E-state index is 0. The second-order valence-electron chi connectivity index (χ2n) is 7.91. The Morgan fingerprint density at radius 2 is 1.84 bits per heavy atom. The van der Waals surface area contributed by atoms with E-state index in [1.165, 1.54) is 16.0 Å². The summed E-state index contributed by atoms with van der Waals surface area (Å²) >= 11 is 1.81. The van der Waals surface area contributed by atoms with E-state index in [-0.39, 0.29) is 29.9 Å². The fourth-order valence-corrected chi connectivity index (χ4v) is 5.08. The molecule has 1 fully saturated rings. The first-order chi connectivity index (χ1) is 14.7. The lowest BCUT2D eigenvalue weighted by atomic mass is 10.1. The van der Waals surface area contributed by atoms with Crippen molar-refractivity contribution >= 4 is 47.2 Å². The molecule has 1 amide bonds.